The monoisotopic (exact) mass is 187 g/mol. The lowest BCUT2D eigenvalue weighted by Crippen LogP contribution is -1.98. The van der Waals surface area contributed by atoms with Crippen LogP contribution in [-0.2, 0) is 0 Å². The Balaban J connectivity index is 3.36. The first-order valence-corrected chi connectivity index (χ1v) is 3.46. The number of halogens is 1. The number of anilines is 1. The Morgan fingerprint density at radius 1 is 1.75 bits per heavy atom. The van der Waals surface area contributed by atoms with E-state index in [1.54, 1.807) is 0 Å². The second-order valence-corrected chi connectivity index (χ2v) is 2.60. The molecule has 64 valence electrons. The van der Waals surface area contributed by atoms with Crippen molar-refractivity contribution in [2.45, 2.75) is 6.92 Å². The molecule has 0 saturated carbocycles. The summed E-state index contributed by atoms with van der Waals surface area (Å²) in [5.74, 6) is 0.111. The van der Waals surface area contributed by atoms with Crippen molar-refractivity contribution in [1.82, 2.24) is 4.98 Å². The first-order valence-electron chi connectivity index (χ1n) is 3.09. The molecule has 1 aromatic rings. The van der Waals surface area contributed by atoms with Crippen molar-refractivity contribution in [3.8, 4) is 0 Å². The summed E-state index contributed by atoms with van der Waals surface area (Å²) in [5, 5.41) is 10.5. The Kier molecular flexibility index (Phi) is 2.14. The molecule has 0 bridgehead atoms. The molecule has 0 fully saturated rings. The van der Waals surface area contributed by atoms with Gasteiger partial charge in [-0.2, -0.15) is 0 Å². The number of nitrogens with two attached hydrogens (primary N) is 1. The maximum absolute atomic E-state index is 10.4. The molecular weight excluding hydrogens is 182 g/mol. The van der Waals surface area contributed by atoms with Gasteiger partial charge >= 0.3 is 0 Å². The molecule has 0 atom stereocenters. The zero-order chi connectivity index (χ0) is 9.30. The second-order valence-electron chi connectivity index (χ2n) is 2.22. The smallest absolute Gasteiger partial charge is 0.292 e. The number of hydrogen-bond acceptors (Lipinski definition) is 4. The van der Waals surface area contributed by atoms with Gasteiger partial charge < -0.3 is 5.73 Å². The SMILES string of the molecule is Cc1c([N+](=O)[O-])cnc(N)c1Cl. The number of aromatic nitrogens is 1. The fraction of sp³-hybridized carbons (Fsp3) is 0.167. The van der Waals surface area contributed by atoms with E-state index < -0.39 is 4.92 Å². The number of nitro groups is 1. The van der Waals surface area contributed by atoms with Crippen LogP contribution in [0, 0.1) is 17.0 Å². The van der Waals surface area contributed by atoms with Gasteiger partial charge in [0.1, 0.15) is 12.0 Å². The number of hydrogen-bond donors (Lipinski definition) is 1. The molecule has 1 aromatic heterocycles. The normalized spacial score (nSPS) is 9.83. The lowest BCUT2D eigenvalue weighted by atomic mass is 10.2. The van der Waals surface area contributed by atoms with Gasteiger partial charge in [-0.15, -0.1) is 0 Å². The summed E-state index contributed by atoms with van der Waals surface area (Å²) in [7, 11) is 0. The van der Waals surface area contributed by atoms with Crippen molar-refractivity contribution in [3.05, 3.63) is 26.9 Å². The van der Waals surface area contributed by atoms with Crippen LogP contribution in [0.5, 0.6) is 0 Å². The van der Waals surface area contributed by atoms with Crippen LogP contribution in [-0.4, -0.2) is 9.91 Å². The van der Waals surface area contributed by atoms with E-state index in [9.17, 15) is 10.1 Å². The van der Waals surface area contributed by atoms with Crippen LogP contribution in [0.3, 0.4) is 0 Å². The van der Waals surface area contributed by atoms with Crippen molar-refractivity contribution in [3.63, 3.8) is 0 Å². The number of nitrogen functional groups attached to an aromatic ring is 1. The van der Waals surface area contributed by atoms with Gasteiger partial charge in [0.2, 0.25) is 0 Å². The maximum Gasteiger partial charge on any atom is 0.292 e. The van der Waals surface area contributed by atoms with Gasteiger partial charge in [-0.05, 0) is 6.92 Å². The van der Waals surface area contributed by atoms with Crippen LogP contribution in [0.25, 0.3) is 0 Å². The fourth-order valence-electron chi connectivity index (χ4n) is 0.773. The summed E-state index contributed by atoms with van der Waals surface area (Å²) in [6.45, 7) is 1.53. The van der Waals surface area contributed by atoms with Crippen molar-refractivity contribution in [1.29, 1.82) is 0 Å². The molecule has 0 amide bonds. The molecule has 12 heavy (non-hydrogen) atoms. The number of nitrogens with zero attached hydrogens (tertiary/aromatic N) is 2. The molecule has 0 spiro atoms. The van der Waals surface area contributed by atoms with E-state index in [0.29, 0.717) is 5.56 Å². The second kappa shape index (κ2) is 2.94. The lowest BCUT2D eigenvalue weighted by Gasteiger charge is -2.00. The summed E-state index contributed by atoms with van der Waals surface area (Å²) in [6, 6.07) is 0. The highest BCUT2D eigenvalue weighted by Crippen LogP contribution is 2.27. The largest absolute Gasteiger partial charge is 0.382 e. The first kappa shape index (κ1) is 8.73. The third-order valence-electron chi connectivity index (χ3n) is 1.46. The Morgan fingerprint density at radius 2 is 2.33 bits per heavy atom. The van der Waals surface area contributed by atoms with Gasteiger partial charge in [0.15, 0.2) is 0 Å². The van der Waals surface area contributed by atoms with Crippen molar-refractivity contribution < 1.29 is 4.92 Å². The first-order chi connectivity index (χ1) is 5.54. The van der Waals surface area contributed by atoms with Crippen molar-refractivity contribution in [2.24, 2.45) is 0 Å². The predicted octanol–water partition coefficient (Wildman–Crippen LogP) is 1.53. The van der Waals surface area contributed by atoms with Crippen LogP contribution in [0.2, 0.25) is 5.02 Å². The minimum Gasteiger partial charge on any atom is -0.382 e. The molecule has 0 aliphatic carbocycles. The average molecular weight is 188 g/mol. The highest BCUT2D eigenvalue weighted by atomic mass is 35.5. The van der Waals surface area contributed by atoms with Gasteiger partial charge in [-0.3, -0.25) is 10.1 Å². The Hall–Kier alpha value is -1.36. The molecule has 1 heterocycles. The molecule has 2 N–H and O–H groups in total. The molecule has 0 unspecified atom stereocenters. The predicted molar refractivity (Wildman–Crippen MR) is 45.1 cm³/mol. The molecule has 0 aliphatic heterocycles. The van der Waals surface area contributed by atoms with Crippen molar-refractivity contribution >= 4 is 23.1 Å². The zero-order valence-electron chi connectivity index (χ0n) is 6.24. The molecule has 1 rings (SSSR count). The van der Waals surface area contributed by atoms with Crippen LogP contribution in [0.15, 0.2) is 6.20 Å². The molecule has 0 saturated heterocycles. The van der Waals surface area contributed by atoms with E-state index in [2.05, 4.69) is 4.98 Å². The Bertz CT molecular complexity index is 340. The molecule has 0 aliphatic rings. The zero-order valence-corrected chi connectivity index (χ0v) is 7.00. The van der Waals surface area contributed by atoms with E-state index in [-0.39, 0.29) is 16.5 Å². The Morgan fingerprint density at radius 3 is 2.83 bits per heavy atom. The summed E-state index contributed by atoms with van der Waals surface area (Å²) in [6.07, 6.45) is 1.09. The maximum atomic E-state index is 10.4. The van der Waals surface area contributed by atoms with Gasteiger partial charge in [-0.25, -0.2) is 4.98 Å². The third kappa shape index (κ3) is 1.31. The van der Waals surface area contributed by atoms with E-state index in [1.807, 2.05) is 0 Å². The highest BCUT2D eigenvalue weighted by Gasteiger charge is 2.15. The summed E-state index contributed by atoms with van der Waals surface area (Å²) in [5.41, 5.74) is 5.55. The topological polar surface area (TPSA) is 82.0 Å². The van der Waals surface area contributed by atoms with Crippen LogP contribution in [0.1, 0.15) is 5.56 Å². The molecular formula is C6H6ClN3O2. The fourth-order valence-corrected chi connectivity index (χ4v) is 0.918. The summed E-state index contributed by atoms with van der Waals surface area (Å²) < 4.78 is 0. The van der Waals surface area contributed by atoms with Crippen LogP contribution in [0.4, 0.5) is 11.5 Å². The van der Waals surface area contributed by atoms with E-state index in [0.717, 1.165) is 6.20 Å². The average Bonchev–Trinajstić information content (AvgIpc) is 2.00. The molecule has 5 nitrogen and oxygen atoms in total. The molecule has 0 aromatic carbocycles. The van der Waals surface area contributed by atoms with E-state index >= 15 is 0 Å². The lowest BCUT2D eigenvalue weighted by molar-refractivity contribution is -0.385. The molecule has 0 radical (unpaired) electrons. The van der Waals surface area contributed by atoms with Gasteiger partial charge in [0.25, 0.3) is 5.69 Å². The van der Waals surface area contributed by atoms with Crippen LogP contribution >= 0.6 is 11.6 Å². The quantitative estimate of drug-likeness (QED) is 0.534. The van der Waals surface area contributed by atoms with Crippen LogP contribution < -0.4 is 5.73 Å². The highest BCUT2D eigenvalue weighted by molar-refractivity contribution is 6.33. The van der Waals surface area contributed by atoms with E-state index in [4.69, 9.17) is 17.3 Å². The summed E-state index contributed by atoms with van der Waals surface area (Å²) >= 11 is 5.63. The minimum absolute atomic E-state index is 0.111. The van der Waals surface area contributed by atoms with Crippen molar-refractivity contribution in [2.75, 3.05) is 5.73 Å². The minimum atomic E-state index is -0.548. The summed E-state index contributed by atoms with van der Waals surface area (Å²) in [4.78, 5) is 13.4. The van der Waals surface area contributed by atoms with E-state index in [1.165, 1.54) is 6.92 Å². The van der Waals surface area contributed by atoms with Gasteiger partial charge in [0, 0.05) is 0 Å². The third-order valence-corrected chi connectivity index (χ3v) is 1.94. The Labute approximate surface area is 73.3 Å². The number of pyridine rings is 1. The number of rotatable bonds is 1. The van der Waals surface area contributed by atoms with Gasteiger partial charge in [-0.1, -0.05) is 11.6 Å². The standard InChI is InChI=1S/C6H6ClN3O2/c1-3-4(10(11)12)2-9-6(8)5(3)7/h2H,1H3,(H2,8,9). The molecule has 6 heteroatoms. The van der Waals surface area contributed by atoms with Gasteiger partial charge in [0.05, 0.1) is 15.5 Å².